The number of carbonyl (C=O) groups is 4. The Kier molecular flexibility index (Phi) is 8.39. The van der Waals surface area contributed by atoms with Crippen LogP contribution >= 0.6 is 0 Å². The van der Waals surface area contributed by atoms with Gasteiger partial charge >= 0.3 is 18.4 Å². The van der Waals surface area contributed by atoms with Crippen molar-refractivity contribution in [2.45, 2.75) is 25.8 Å². The third-order valence-electron chi connectivity index (χ3n) is 5.47. The minimum Gasteiger partial charge on any atom is -0.481 e. The summed E-state index contributed by atoms with van der Waals surface area (Å²) >= 11 is 0. The van der Waals surface area contributed by atoms with Gasteiger partial charge in [-0.05, 0) is 47.9 Å². The number of nitrogens with one attached hydrogen (secondary N) is 4. The van der Waals surface area contributed by atoms with Crippen molar-refractivity contribution in [3.8, 4) is 11.5 Å². The summed E-state index contributed by atoms with van der Waals surface area (Å²) in [6, 6.07) is 20.4. The van der Waals surface area contributed by atoms with E-state index in [1.165, 1.54) is 6.07 Å². The number of anilines is 1. The van der Waals surface area contributed by atoms with Crippen LogP contribution in [0.4, 0.5) is 10.5 Å². The summed E-state index contributed by atoms with van der Waals surface area (Å²) in [5, 5.41) is 19.3. The van der Waals surface area contributed by atoms with Gasteiger partial charge in [0.15, 0.2) is 11.5 Å². The average molecular weight is 519 g/mol. The van der Waals surface area contributed by atoms with E-state index in [1.807, 2.05) is 30.3 Å². The minimum atomic E-state index is -1.08. The molecule has 4 amide bonds. The van der Waals surface area contributed by atoms with E-state index in [0.29, 0.717) is 30.2 Å². The second-order valence-electron chi connectivity index (χ2n) is 8.37. The van der Waals surface area contributed by atoms with E-state index >= 15 is 0 Å². The van der Waals surface area contributed by atoms with Crippen LogP contribution < -0.4 is 30.7 Å². The average Bonchev–Trinajstić information content (AvgIpc) is 3.31. The second kappa shape index (κ2) is 12.3. The first-order valence-electron chi connectivity index (χ1n) is 11.8. The summed E-state index contributed by atoms with van der Waals surface area (Å²) in [4.78, 5) is 47.8. The van der Waals surface area contributed by atoms with E-state index < -0.39 is 30.2 Å². The molecule has 0 radical (unpaired) electrons. The fraction of sp³-hybridized carbons (Fsp3) is 0.185. The van der Waals surface area contributed by atoms with Crippen molar-refractivity contribution in [1.82, 2.24) is 16.0 Å². The molecule has 3 aromatic rings. The monoisotopic (exact) mass is 518 g/mol. The number of aryl methyl sites for hydroxylation is 1. The van der Waals surface area contributed by atoms with E-state index in [4.69, 9.17) is 14.6 Å². The van der Waals surface area contributed by atoms with Gasteiger partial charge in [0.05, 0.1) is 6.54 Å². The molecular weight excluding hydrogens is 492 g/mol. The van der Waals surface area contributed by atoms with Crippen molar-refractivity contribution in [1.29, 1.82) is 0 Å². The third-order valence-corrected chi connectivity index (χ3v) is 5.47. The Balaban J connectivity index is 1.21. The van der Waals surface area contributed by atoms with E-state index in [1.54, 1.807) is 36.4 Å². The molecule has 1 aliphatic rings. The first-order chi connectivity index (χ1) is 18.4. The molecule has 11 nitrogen and oxygen atoms in total. The number of carbonyl (C=O) groups excluding carboxylic acids is 3. The molecule has 1 aliphatic heterocycles. The van der Waals surface area contributed by atoms with Crippen LogP contribution in [0.1, 0.15) is 27.9 Å². The maximum atomic E-state index is 12.5. The summed E-state index contributed by atoms with van der Waals surface area (Å²) in [7, 11) is 0. The van der Waals surface area contributed by atoms with Crippen molar-refractivity contribution in [3.05, 3.63) is 89.5 Å². The van der Waals surface area contributed by atoms with Crippen LogP contribution in [0.25, 0.3) is 0 Å². The number of amides is 4. The standard InChI is InChI=1S/C27H26N4O7/c32-23(31-27-37-21-11-9-17(10-12-24(33)34)13-22(21)38-27)16-28-25(35)19-7-4-8-20(14-19)30-26(36)29-15-18-5-2-1-3-6-18/h1-9,11,13-14,27H,10,12,15-16H2,(H,28,35)(H,31,32)(H,33,34)(H2,29,30,36)/t27-/m0/s1. The van der Waals surface area contributed by atoms with Crippen molar-refractivity contribution >= 4 is 29.5 Å². The molecule has 11 heteroatoms. The van der Waals surface area contributed by atoms with Gasteiger partial charge in [0, 0.05) is 24.2 Å². The Hall–Kier alpha value is -5.06. The largest absolute Gasteiger partial charge is 0.481 e. The number of fused-ring (bicyclic) bond motifs is 1. The van der Waals surface area contributed by atoms with Gasteiger partial charge in [-0.3, -0.25) is 19.7 Å². The molecule has 196 valence electrons. The van der Waals surface area contributed by atoms with Gasteiger partial charge in [0.25, 0.3) is 5.91 Å². The smallest absolute Gasteiger partial charge is 0.327 e. The molecule has 4 rings (SSSR count). The molecule has 0 saturated carbocycles. The molecule has 38 heavy (non-hydrogen) atoms. The Labute approximate surface area is 218 Å². The number of carboxylic acids is 1. The number of hydrogen-bond acceptors (Lipinski definition) is 6. The van der Waals surface area contributed by atoms with Crippen LogP contribution in [0.2, 0.25) is 0 Å². The zero-order chi connectivity index (χ0) is 26.9. The predicted octanol–water partition coefficient (Wildman–Crippen LogP) is 2.63. The summed E-state index contributed by atoms with van der Waals surface area (Å²) < 4.78 is 11.1. The highest BCUT2D eigenvalue weighted by Gasteiger charge is 2.26. The molecule has 0 aliphatic carbocycles. The molecule has 1 heterocycles. The third kappa shape index (κ3) is 7.47. The SMILES string of the molecule is O=C(O)CCc1ccc2c(c1)O[C@@H](NC(=O)CNC(=O)c1cccc(NC(=O)NCc3ccccc3)c1)O2. The van der Waals surface area contributed by atoms with Crippen LogP contribution in [0, 0.1) is 0 Å². The van der Waals surface area contributed by atoms with Gasteiger partial charge in [-0.2, -0.15) is 0 Å². The fourth-order valence-corrected chi connectivity index (χ4v) is 3.60. The fourth-order valence-electron chi connectivity index (χ4n) is 3.60. The zero-order valence-electron chi connectivity index (χ0n) is 20.2. The molecule has 3 aromatic carbocycles. The summed E-state index contributed by atoms with van der Waals surface area (Å²) in [6.45, 7) is 0.0187. The summed E-state index contributed by atoms with van der Waals surface area (Å²) in [5.74, 6) is -1.15. The van der Waals surface area contributed by atoms with Crippen LogP contribution in [0.15, 0.2) is 72.8 Å². The van der Waals surface area contributed by atoms with E-state index in [9.17, 15) is 19.2 Å². The number of hydrogen-bond donors (Lipinski definition) is 5. The van der Waals surface area contributed by atoms with Crippen molar-refractivity contribution in [2.24, 2.45) is 0 Å². The topological polar surface area (TPSA) is 155 Å². The highest BCUT2D eigenvalue weighted by atomic mass is 16.7. The van der Waals surface area contributed by atoms with Crippen LogP contribution in [0.5, 0.6) is 11.5 Å². The number of benzene rings is 3. The molecule has 0 spiro atoms. The molecule has 1 atom stereocenters. The first kappa shape index (κ1) is 26.0. The van der Waals surface area contributed by atoms with Gasteiger partial charge in [-0.25, -0.2) is 4.79 Å². The van der Waals surface area contributed by atoms with E-state index in [0.717, 1.165) is 11.1 Å². The van der Waals surface area contributed by atoms with Gasteiger partial charge < -0.3 is 30.5 Å². The molecule has 5 N–H and O–H groups in total. The quantitative estimate of drug-likeness (QED) is 0.276. The molecule has 0 aromatic heterocycles. The van der Waals surface area contributed by atoms with Crippen LogP contribution in [0.3, 0.4) is 0 Å². The van der Waals surface area contributed by atoms with Crippen molar-refractivity contribution in [3.63, 3.8) is 0 Å². The highest BCUT2D eigenvalue weighted by molar-refractivity contribution is 5.98. The Morgan fingerprint density at radius 3 is 2.39 bits per heavy atom. The lowest BCUT2D eigenvalue weighted by Crippen LogP contribution is -2.45. The number of urea groups is 1. The van der Waals surface area contributed by atoms with Crippen LogP contribution in [-0.2, 0) is 22.6 Å². The number of aliphatic carboxylic acids is 1. The molecular formula is C27H26N4O7. The Bertz CT molecular complexity index is 1330. The number of rotatable bonds is 10. The maximum Gasteiger partial charge on any atom is 0.327 e. The minimum absolute atomic E-state index is 0.0140. The summed E-state index contributed by atoms with van der Waals surface area (Å²) in [6.07, 6.45) is -0.754. The Morgan fingerprint density at radius 1 is 0.816 bits per heavy atom. The van der Waals surface area contributed by atoms with Crippen molar-refractivity contribution in [2.75, 3.05) is 11.9 Å². The predicted molar refractivity (Wildman–Crippen MR) is 137 cm³/mol. The van der Waals surface area contributed by atoms with Gasteiger partial charge in [0.1, 0.15) is 0 Å². The van der Waals surface area contributed by atoms with E-state index in [2.05, 4.69) is 21.3 Å². The first-order valence-corrected chi connectivity index (χ1v) is 11.8. The highest BCUT2D eigenvalue weighted by Crippen LogP contribution is 2.35. The molecule has 0 bridgehead atoms. The maximum absolute atomic E-state index is 12.5. The lowest BCUT2D eigenvalue weighted by molar-refractivity contribution is -0.137. The van der Waals surface area contributed by atoms with Gasteiger partial charge in [-0.1, -0.05) is 42.5 Å². The van der Waals surface area contributed by atoms with Gasteiger partial charge in [0.2, 0.25) is 5.91 Å². The Morgan fingerprint density at radius 2 is 1.61 bits per heavy atom. The summed E-state index contributed by atoms with van der Waals surface area (Å²) in [5.41, 5.74) is 2.39. The molecule has 0 unspecified atom stereocenters. The number of ether oxygens (including phenoxy) is 2. The molecule has 0 saturated heterocycles. The lowest BCUT2D eigenvalue weighted by Gasteiger charge is -2.13. The zero-order valence-corrected chi connectivity index (χ0v) is 20.2. The normalized spacial score (nSPS) is 13.3. The second-order valence-corrected chi connectivity index (χ2v) is 8.37. The number of carboxylic acid groups (broad SMARTS) is 1. The molecule has 0 fully saturated rings. The lowest BCUT2D eigenvalue weighted by atomic mass is 10.1. The van der Waals surface area contributed by atoms with Crippen LogP contribution in [-0.4, -0.2) is 41.9 Å². The van der Waals surface area contributed by atoms with Crippen molar-refractivity contribution < 1.29 is 33.8 Å². The van der Waals surface area contributed by atoms with Gasteiger partial charge in [-0.15, -0.1) is 0 Å². The van der Waals surface area contributed by atoms with E-state index in [-0.39, 0.29) is 18.5 Å².